The number of rotatable bonds is 6. The molecule has 1 amide bonds. The van der Waals surface area contributed by atoms with Crippen LogP contribution in [0.3, 0.4) is 0 Å². The first-order valence-electron chi connectivity index (χ1n) is 6.54. The van der Waals surface area contributed by atoms with E-state index in [0.29, 0.717) is 13.0 Å². The zero-order valence-electron chi connectivity index (χ0n) is 11.1. The van der Waals surface area contributed by atoms with Crippen molar-refractivity contribution >= 4 is 5.91 Å². The molecule has 0 spiro atoms. The quantitative estimate of drug-likeness (QED) is 0.866. The van der Waals surface area contributed by atoms with Gasteiger partial charge in [0.05, 0.1) is 6.26 Å². The molecule has 0 bridgehead atoms. The van der Waals surface area contributed by atoms with Crippen molar-refractivity contribution in [2.45, 2.75) is 32.7 Å². The lowest BCUT2D eigenvalue weighted by Crippen LogP contribution is -2.22. The van der Waals surface area contributed by atoms with Gasteiger partial charge in [-0.3, -0.25) is 9.78 Å². The predicted molar refractivity (Wildman–Crippen MR) is 73.3 cm³/mol. The lowest BCUT2D eigenvalue weighted by Gasteiger charge is -2.05. The van der Waals surface area contributed by atoms with Gasteiger partial charge in [-0.1, -0.05) is 13.3 Å². The zero-order chi connectivity index (χ0) is 13.5. The molecule has 0 radical (unpaired) electrons. The van der Waals surface area contributed by atoms with Gasteiger partial charge in [0.15, 0.2) is 0 Å². The van der Waals surface area contributed by atoms with Crippen molar-refractivity contribution in [2.24, 2.45) is 0 Å². The van der Waals surface area contributed by atoms with E-state index in [-0.39, 0.29) is 5.91 Å². The van der Waals surface area contributed by atoms with Gasteiger partial charge in [0.2, 0.25) is 5.91 Å². The fourth-order valence-electron chi connectivity index (χ4n) is 1.79. The Hall–Kier alpha value is -2.10. The van der Waals surface area contributed by atoms with E-state index in [1.54, 1.807) is 18.7 Å². The van der Waals surface area contributed by atoms with Crippen LogP contribution < -0.4 is 5.32 Å². The Bertz CT molecular complexity index is 521. The van der Waals surface area contributed by atoms with Gasteiger partial charge in [0, 0.05) is 30.9 Å². The van der Waals surface area contributed by atoms with Crippen LogP contribution in [0, 0.1) is 0 Å². The first-order valence-corrected chi connectivity index (χ1v) is 6.54. The number of hydrogen-bond acceptors (Lipinski definition) is 3. The molecular weight excluding hydrogens is 240 g/mol. The summed E-state index contributed by atoms with van der Waals surface area (Å²) in [6, 6.07) is 5.71. The van der Waals surface area contributed by atoms with Crippen LogP contribution in [0.1, 0.15) is 31.7 Å². The van der Waals surface area contributed by atoms with E-state index >= 15 is 0 Å². The van der Waals surface area contributed by atoms with Gasteiger partial charge in [-0.05, 0) is 30.2 Å². The van der Waals surface area contributed by atoms with Gasteiger partial charge in [0.25, 0.3) is 0 Å². The average molecular weight is 258 g/mol. The molecule has 2 heterocycles. The lowest BCUT2D eigenvalue weighted by atomic mass is 10.1. The summed E-state index contributed by atoms with van der Waals surface area (Å²) in [6.45, 7) is 2.58. The number of pyridine rings is 1. The molecule has 0 unspecified atom stereocenters. The maximum absolute atomic E-state index is 11.5. The van der Waals surface area contributed by atoms with Crippen molar-refractivity contribution in [1.29, 1.82) is 0 Å². The molecule has 2 aromatic rings. The molecule has 0 aliphatic heterocycles. The van der Waals surface area contributed by atoms with Crippen molar-refractivity contribution < 1.29 is 9.21 Å². The molecule has 0 aliphatic carbocycles. The fraction of sp³-hybridized carbons (Fsp3) is 0.333. The summed E-state index contributed by atoms with van der Waals surface area (Å²) in [5.74, 6) is 0.872. The van der Waals surface area contributed by atoms with Crippen LogP contribution in [0.2, 0.25) is 0 Å². The van der Waals surface area contributed by atoms with Crippen molar-refractivity contribution in [1.82, 2.24) is 10.3 Å². The molecule has 0 fully saturated rings. The highest BCUT2D eigenvalue weighted by atomic mass is 16.3. The third-order valence-corrected chi connectivity index (χ3v) is 2.85. The Labute approximate surface area is 112 Å². The highest BCUT2D eigenvalue weighted by Crippen LogP contribution is 2.19. The molecule has 0 saturated carbocycles. The average Bonchev–Trinajstić information content (AvgIpc) is 2.97. The van der Waals surface area contributed by atoms with E-state index in [9.17, 15) is 4.79 Å². The third-order valence-electron chi connectivity index (χ3n) is 2.85. The molecule has 4 heteroatoms. The standard InChI is InChI=1S/C15H18N2O2/c1-2-3-6-15(18)17-10-12-8-13(11-16-9-12)14-5-4-7-19-14/h4-5,7-9,11H,2-3,6,10H2,1H3,(H,17,18). The van der Waals surface area contributed by atoms with Crippen molar-refractivity contribution in [3.63, 3.8) is 0 Å². The maximum atomic E-state index is 11.5. The first-order chi connectivity index (χ1) is 9.29. The van der Waals surface area contributed by atoms with Gasteiger partial charge < -0.3 is 9.73 Å². The number of carbonyl (C=O) groups excluding carboxylic acids is 1. The number of unbranched alkanes of at least 4 members (excludes halogenated alkanes) is 1. The highest BCUT2D eigenvalue weighted by molar-refractivity contribution is 5.75. The molecule has 0 aromatic carbocycles. The SMILES string of the molecule is CCCCC(=O)NCc1cncc(-c2ccco2)c1. The van der Waals surface area contributed by atoms with E-state index < -0.39 is 0 Å². The van der Waals surface area contributed by atoms with Crippen LogP contribution in [0.25, 0.3) is 11.3 Å². The van der Waals surface area contributed by atoms with Gasteiger partial charge in [-0.25, -0.2) is 0 Å². The van der Waals surface area contributed by atoms with Gasteiger partial charge in [-0.2, -0.15) is 0 Å². The third kappa shape index (κ3) is 3.95. The second-order valence-electron chi connectivity index (χ2n) is 4.44. The zero-order valence-corrected chi connectivity index (χ0v) is 11.1. The van der Waals surface area contributed by atoms with E-state index in [1.807, 2.05) is 18.2 Å². The van der Waals surface area contributed by atoms with Crippen molar-refractivity contribution in [2.75, 3.05) is 0 Å². The monoisotopic (exact) mass is 258 g/mol. The summed E-state index contributed by atoms with van der Waals surface area (Å²) in [6.07, 6.45) is 7.68. The minimum atomic E-state index is 0.0882. The Balaban J connectivity index is 1.94. The van der Waals surface area contributed by atoms with Crippen LogP contribution in [0.15, 0.2) is 41.3 Å². The molecule has 100 valence electrons. The Morgan fingerprint density at radius 2 is 2.32 bits per heavy atom. The molecule has 19 heavy (non-hydrogen) atoms. The molecular formula is C15H18N2O2. The van der Waals surface area contributed by atoms with Crippen LogP contribution in [0.5, 0.6) is 0 Å². The van der Waals surface area contributed by atoms with Crippen LogP contribution in [-0.4, -0.2) is 10.9 Å². The summed E-state index contributed by atoms with van der Waals surface area (Å²) in [5, 5.41) is 2.90. The largest absolute Gasteiger partial charge is 0.464 e. The Morgan fingerprint density at radius 1 is 1.42 bits per heavy atom. The topological polar surface area (TPSA) is 55.1 Å². The smallest absolute Gasteiger partial charge is 0.220 e. The highest BCUT2D eigenvalue weighted by Gasteiger charge is 2.04. The number of carbonyl (C=O) groups is 1. The normalized spacial score (nSPS) is 10.4. The number of furan rings is 1. The van der Waals surface area contributed by atoms with Gasteiger partial charge in [-0.15, -0.1) is 0 Å². The minimum Gasteiger partial charge on any atom is -0.464 e. The van der Waals surface area contributed by atoms with E-state index in [1.165, 1.54) is 0 Å². The Kier molecular flexibility index (Phi) is 4.72. The minimum absolute atomic E-state index is 0.0882. The summed E-state index contributed by atoms with van der Waals surface area (Å²) in [7, 11) is 0. The van der Waals surface area contributed by atoms with Crippen LogP contribution in [0.4, 0.5) is 0 Å². The summed E-state index contributed by atoms with van der Waals surface area (Å²) >= 11 is 0. The summed E-state index contributed by atoms with van der Waals surface area (Å²) in [4.78, 5) is 15.7. The molecule has 4 nitrogen and oxygen atoms in total. The van der Waals surface area contributed by atoms with Crippen molar-refractivity contribution in [3.05, 3.63) is 42.4 Å². The lowest BCUT2D eigenvalue weighted by molar-refractivity contribution is -0.121. The first kappa shape index (κ1) is 13.3. The second-order valence-corrected chi connectivity index (χ2v) is 4.44. The summed E-state index contributed by atoms with van der Waals surface area (Å²) < 4.78 is 5.33. The van der Waals surface area contributed by atoms with Crippen LogP contribution in [-0.2, 0) is 11.3 Å². The molecule has 0 atom stereocenters. The Morgan fingerprint density at radius 3 is 3.05 bits per heavy atom. The number of nitrogens with zero attached hydrogens (tertiary/aromatic N) is 1. The maximum Gasteiger partial charge on any atom is 0.220 e. The van der Waals surface area contributed by atoms with Crippen LogP contribution >= 0.6 is 0 Å². The van der Waals surface area contributed by atoms with E-state index in [4.69, 9.17) is 4.42 Å². The second kappa shape index (κ2) is 6.73. The van der Waals surface area contributed by atoms with Gasteiger partial charge >= 0.3 is 0 Å². The van der Waals surface area contributed by atoms with Gasteiger partial charge in [0.1, 0.15) is 5.76 Å². The fourth-order valence-corrected chi connectivity index (χ4v) is 1.79. The van der Waals surface area contributed by atoms with E-state index in [2.05, 4.69) is 17.2 Å². The molecule has 2 rings (SSSR count). The number of amides is 1. The summed E-state index contributed by atoms with van der Waals surface area (Å²) in [5.41, 5.74) is 1.89. The van der Waals surface area contributed by atoms with Crippen molar-refractivity contribution in [3.8, 4) is 11.3 Å². The number of nitrogens with one attached hydrogen (secondary N) is 1. The number of aromatic nitrogens is 1. The molecule has 2 aromatic heterocycles. The predicted octanol–water partition coefficient (Wildman–Crippen LogP) is 3.15. The van der Waals surface area contributed by atoms with E-state index in [0.717, 1.165) is 29.7 Å². The number of hydrogen-bond donors (Lipinski definition) is 1. The molecule has 1 N–H and O–H groups in total. The molecule has 0 saturated heterocycles. The molecule has 0 aliphatic rings.